The molecule has 0 fully saturated rings. The first-order valence-electron chi connectivity index (χ1n) is 8.24. The Kier molecular flexibility index (Phi) is 5.12. The topological polar surface area (TPSA) is 29.5 Å². The fourth-order valence-corrected chi connectivity index (χ4v) is 2.84. The molecule has 0 bridgehead atoms. The Balaban J connectivity index is 1.80. The molecule has 1 amide bonds. The van der Waals surface area contributed by atoms with Gasteiger partial charge in [0.25, 0.3) is 5.91 Å². The Hall–Kier alpha value is -2.69. The highest BCUT2D eigenvalue weighted by Crippen LogP contribution is 2.29. The van der Waals surface area contributed by atoms with E-state index in [4.69, 9.17) is 4.74 Å². The number of anilines is 1. The van der Waals surface area contributed by atoms with Crippen LogP contribution in [0.4, 0.5) is 14.5 Å². The van der Waals surface area contributed by atoms with Crippen molar-refractivity contribution in [1.29, 1.82) is 0 Å². The van der Waals surface area contributed by atoms with Gasteiger partial charge in [0.1, 0.15) is 18.2 Å². The molecule has 0 saturated heterocycles. The van der Waals surface area contributed by atoms with Gasteiger partial charge in [0.05, 0.1) is 12.0 Å². The van der Waals surface area contributed by atoms with Crippen molar-refractivity contribution in [2.24, 2.45) is 0 Å². The zero-order chi connectivity index (χ0) is 17.8. The summed E-state index contributed by atoms with van der Waals surface area (Å²) in [6.45, 7) is 2.44. The largest absolute Gasteiger partial charge is 0.489 e. The summed E-state index contributed by atoms with van der Waals surface area (Å²) in [4.78, 5) is 14.2. The highest BCUT2D eigenvalue weighted by Gasteiger charge is 2.27. The number of nitrogens with zero attached hydrogens (tertiary/aromatic N) is 1. The van der Waals surface area contributed by atoms with Gasteiger partial charge in [-0.05, 0) is 54.3 Å². The third kappa shape index (κ3) is 3.55. The lowest BCUT2D eigenvalue weighted by Crippen LogP contribution is -2.38. The van der Waals surface area contributed by atoms with E-state index in [-0.39, 0.29) is 12.5 Å². The fraction of sp³-hybridized carbons (Fsp3) is 0.250. The first kappa shape index (κ1) is 17.1. The van der Waals surface area contributed by atoms with Gasteiger partial charge < -0.3 is 9.64 Å². The summed E-state index contributed by atoms with van der Waals surface area (Å²) < 4.78 is 32.2. The van der Waals surface area contributed by atoms with Gasteiger partial charge in [0.15, 0.2) is 0 Å². The average Bonchev–Trinajstić information content (AvgIpc) is 2.64. The summed E-state index contributed by atoms with van der Waals surface area (Å²) >= 11 is 0. The smallest absolute Gasteiger partial charge is 0.258 e. The van der Waals surface area contributed by atoms with Crippen LogP contribution in [0.25, 0.3) is 0 Å². The summed E-state index contributed by atoms with van der Waals surface area (Å²) in [5.74, 6) is -0.0427. The molecule has 0 unspecified atom stereocenters. The van der Waals surface area contributed by atoms with Crippen LogP contribution in [0.5, 0.6) is 5.75 Å². The monoisotopic (exact) mass is 343 g/mol. The molecule has 130 valence electrons. The highest BCUT2D eigenvalue weighted by atomic mass is 19.1. The van der Waals surface area contributed by atoms with Crippen molar-refractivity contribution < 1.29 is 18.3 Å². The molecule has 0 radical (unpaired) electrons. The van der Waals surface area contributed by atoms with Gasteiger partial charge >= 0.3 is 0 Å². The quantitative estimate of drug-likeness (QED) is 0.789. The Morgan fingerprint density at radius 1 is 1.28 bits per heavy atom. The lowest BCUT2D eigenvalue weighted by Gasteiger charge is -2.29. The van der Waals surface area contributed by atoms with Crippen LogP contribution in [0.1, 0.15) is 29.3 Å². The Bertz CT molecular complexity index is 817. The molecule has 1 aliphatic heterocycles. The van der Waals surface area contributed by atoms with Gasteiger partial charge in [-0.2, -0.15) is 0 Å². The number of halogens is 2. The van der Waals surface area contributed by atoms with Crippen LogP contribution in [0.3, 0.4) is 0 Å². The number of ether oxygens (including phenoxy) is 1. The number of rotatable bonds is 5. The van der Waals surface area contributed by atoms with E-state index in [0.29, 0.717) is 48.3 Å². The van der Waals surface area contributed by atoms with Gasteiger partial charge in [0, 0.05) is 12.1 Å². The van der Waals surface area contributed by atoms with Crippen LogP contribution >= 0.6 is 0 Å². The van der Waals surface area contributed by atoms with Crippen LogP contribution in [-0.2, 0) is 6.42 Å². The van der Waals surface area contributed by atoms with Gasteiger partial charge in [-0.25, -0.2) is 8.78 Å². The maximum Gasteiger partial charge on any atom is 0.258 e. The van der Waals surface area contributed by atoms with Crippen LogP contribution < -0.4 is 9.64 Å². The Labute approximate surface area is 145 Å². The maximum absolute atomic E-state index is 14.0. The summed E-state index contributed by atoms with van der Waals surface area (Å²) in [5, 5.41) is 0. The van der Waals surface area contributed by atoms with Crippen LogP contribution in [0.15, 0.2) is 54.4 Å². The lowest BCUT2D eigenvalue weighted by atomic mass is 9.98. The van der Waals surface area contributed by atoms with Crippen LogP contribution in [0.2, 0.25) is 0 Å². The Morgan fingerprint density at radius 2 is 2.08 bits per heavy atom. The van der Waals surface area contributed by atoms with Crippen molar-refractivity contribution in [3.8, 4) is 5.75 Å². The molecule has 0 aliphatic carbocycles. The molecule has 0 aromatic heterocycles. The zero-order valence-electron chi connectivity index (χ0n) is 14.0. The number of carbonyl (C=O) groups excluding carboxylic acids is 1. The van der Waals surface area contributed by atoms with E-state index in [2.05, 4.69) is 0 Å². The fourth-order valence-electron chi connectivity index (χ4n) is 2.84. The number of fused-ring (bicyclic) bond motifs is 1. The highest BCUT2D eigenvalue weighted by molar-refractivity contribution is 6.08. The van der Waals surface area contributed by atoms with Crippen molar-refractivity contribution in [3.05, 3.63) is 71.3 Å². The molecule has 25 heavy (non-hydrogen) atoms. The van der Waals surface area contributed by atoms with Crippen molar-refractivity contribution in [2.45, 2.75) is 19.8 Å². The van der Waals surface area contributed by atoms with E-state index in [1.807, 2.05) is 6.92 Å². The maximum atomic E-state index is 14.0. The molecule has 3 rings (SSSR count). The summed E-state index contributed by atoms with van der Waals surface area (Å²) in [6, 6.07) is 11.4. The third-order valence-electron chi connectivity index (χ3n) is 4.33. The van der Waals surface area contributed by atoms with Crippen molar-refractivity contribution in [2.75, 3.05) is 18.1 Å². The molecule has 2 aromatic rings. The predicted octanol–water partition coefficient (Wildman–Crippen LogP) is 4.67. The van der Waals surface area contributed by atoms with Gasteiger partial charge in [0.2, 0.25) is 0 Å². The van der Waals surface area contributed by atoms with Gasteiger partial charge in [-0.1, -0.05) is 19.1 Å². The standard InChI is InChI=1S/C20H19F2NO2/c1-2-14(12-21)13-25-16-7-8-17-15(11-16)9-10-23(20(17)24)19-6-4-3-5-18(19)22/h3-8,11-12H,2,9-10,13H2,1H3/b14-12+. The SMILES string of the molecule is CC/C(=C\F)COc1ccc2c(c1)CCN(c1ccccc1F)C2=O. The molecule has 0 spiro atoms. The molecule has 3 nitrogen and oxygen atoms in total. The van der Waals surface area contributed by atoms with Crippen molar-refractivity contribution in [3.63, 3.8) is 0 Å². The number of benzene rings is 2. The van der Waals surface area contributed by atoms with Crippen LogP contribution in [0, 0.1) is 5.82 Å². The van der Waals surface area contributed by atoms with Crippen LogP contribution in [-0.4, -0.2) is 19.1 Å². The van der Waals surface area contributed by atoms with E-state index < -0.39 is 5.82 Å². The van der Waals surface area contributed by atoms with Gasteiger partial charge in [-0.15, -0.1) is 0 Å². The van der Waals surface area contributed by atoms with E-state index in [1.165, 1.54) is 11.0 Å². The third-order valence-corrected chi connectivity index (χ3v) is 4.33. The second-order valence-electron chi connectivity index (χ2n) is 5.89. The lowest BCUT2D eigenvalue weighted by molar-refractivity contribution is 0.0979. The number of hydrogen-bond donors (Lipinski definition) is 0. The molecule has 0 N–H and O–H groups in total. The minimum atomic E-state index is -0.413. The number of carbonyl (C=O) groups is 1. The second-order valence-corrected chi connectivity index (χ2v) is 5.89. The minimum absolute atomic E-state index is 0.182. The predicted molar refractivity (Wildman–Crippen MR) is 93.2 cm³/mol. The number of para-hydroxylation sites is 1. The molecule has 2 aromatic carbocycles. The van der Waals surface area contributed by atoms with Gasteiger partial charge in [-0.3, -0.25) is 4.79 Å². The molecular formula is C20H19F2NO2. The average molecular weight is 343 g/mol. The van der Waals surface area contributed by atoms with E-state index in [1.54, 1.807) is 36.4 Å². The number of amides is 1. The summed E-state index contributed by atoms with van der Waals surface area (Å²) in [7, 11) is 0. The molecule has 5 heteroatoms. The first-order valence-corrected chi connectivity index (χ1v) is 8.24. The van der Waals surface area contributed by atoms with E-state index in [9.17, 15) is 13.6 Å². The van der Waals surface area contributed by atoms with Crippen molar-refractivity contribution in [1.82, 2.24) is 0 Å². The van der Waals surface area contributed by atoms with E-state index >= 15 is 0 Å². The summed E-state index contributed by atoms with van der Waals surface area (Å²) in [5.41, 5.74) is 2.26. The Morgan fingerprint density at radius 3 is 2.80 bits per heavy atom. The van der Waals surface area contributed by atoms with E-state index in [0.717, 1.165) is 5.56 Å². The normalized spacial score (nSPS) is 14.4. The van der Waals surface area contributed by atoms with Crippen molar-refractivity contribution >= 4 is 11.6 Å². The minimum Gasteiger partial charge on any atom is -0.489 e. The zero-order valence-corrected chi connectivity index (χ0v) is 14.0. The molecule has 0 saturated carbocycles. The number of hydrogen-bond acceptors (Lipinski definition) is 2. The first-order chi connectivity index (χ1) is 12.1. The second kappa shape index (κ2) is 7.47. The molecule has 1 aliphatic rings. The molecule has 1 heterocycles. The molecular weight excluding hydrogens is 324 g/mol. The summed E-state index contributed by atoms with van der Waals surface area (Å²) in [6.07, 6.45) is 1.75. The molecule has 0 atom stereocenters.